The van der Waals surface area contributed by atoms with E-state index >= 15 is 0 Å². The molecule has 0 saturated heterocycles. The van der Waals surface area contributed by atoms with E-state index in [2.05, 4.69) is 46.3 Å². The van der Waals surface area contributed by atoms with Crippen molar-refractivity contribution >= 4 is 11.3 Å². The Morgan fingerprint density at radius 3 is 2.71 bits per heavy atom. The molecule has 0 saturated carbocycles. The Hall–Kier alpha value is -1.95. The maximum atomic E-state index is 10.1. The van der Waals surface area contributed by atoms with Crippen LogP contribution in [0.25, 0.3) is 0 Å². The largest absolute Gasteiger partial charge is 0.387 e. The summed E-state index contributed by atoms with van der Waals surface area (Å²) in [6.45, 7) is 6.19. The van der Waals surface area contributed by atoms with Crippen molar-refractivity contribution in [2.75, 3.05) is 6.54 Å². The van der Waals surface area contributed by atoms with Gasteiger partial charge in [0.25, 0.3) is 0 Å². The van der Waals surface area contributed by atoms with Crippen molar-refractivity contribution in [2.24, 2.45) is 0 Å². The van der Waals surface area contributed by atoms with Crippen LogP contribution in [-0.4, -0.2) is 21.4 Å². The summed E-state index contributed by atoms with van der Waals surface area (Å²) in [5, 5.41) is 22.1. The van der Waals surface area contributed by atoms with E-state index in [-0.39, 0.29) is 0 Å². The number of rotatable bonds is 7. The van der Waals surface area contributed by atoms with Crippen LogP contribution in [0.15, 0.2) is 47.2 Å². The second kappa shape index (κ2) is 7.75. The van der Waals surface area contributed by atoms with Crippen molar-refractivity contribution in [1.29, 1.82) is 0 Å². The van der Waals surface area contributed by atoms with E-state index in [4.69, 9.17) is 0 Å². The summed E-state index contributed by atoms with van der Waals surface area (Å²) in [7, 11) is 0. The van der Waals surface area contributed by atoms with Gasteiger partial charge in [-0.2, -0.15) is 16.4 Å². The molecule has 0 amide bonds. The molecule has 0 aliphatic heterocycles. The van der Waals surface area contributed by atoms with E-state index < -0.39 is 6.10 Å². The highest BCUT2D eigenvalue weighted by atomic mass is 32.1. The lowest BCUT2D eigenvalue weighted by atomic mass is 10.1. The molecule has 3 aromatic rings. The van der Waals surface area contributed by atoms with Crippen molar-refractivity contribution in [2.45, 2.75) is 33.0 Å². The third-order valence-corrected chi connectivity index (χ3v) is 4.98. The summed E-state index contributed by atoms with van der Waals surface area (Å²) in [5.41, 5.74) is 5.65. The number of thiophene rings is 1. The van der Waals surface area contributed by atoms with E-state index in [0.29, 0.717) is 13.1 Å². The van der Waals surface area contributed by atoms with Crippen LogP contribution in [0.5, 0.6) is 0 Å². The Morgan fingerprint density at radius 2 is 2.00 bits per heavy atom. The second-order valence-corrected chi connectivity index (χ2v) is 6.78. The van der Waals surface area contributed by atoms with Crippen LogP contribution in [0.3, 0.4) is 0 Å². The first kappa shape index (κ1) is 16.9. The van der Waals surface area contributed by atoms with Crippen LogP contribution >= 0.6 is 11.3 Å². The first-order chi connectivity index (χ1) is 11.6. The smallest absolute Gasteiger partial charge is 0.0922 e. The average Bonchev–Trinajstić information content (AvgIpc) is 3.20. The lowest BCUT2D eigenvalue weighted by molar-refractivity contribution is 0.175. The number of aliphatic hydroxyl groups excluding tert-OH is 1. The Kier molecular flexibility index (Phi) is 5.45. The molecule has 2 heterocycles. The van der Waals surface area contributed by atoms with Crippen LogP contribution in [0.4, 0.5) is 0 Å². The summed E-state index contributed by atoms with van der Waals surface area (Å²) in [6, 6.07) is 12.3. The van der Waals surface area contributed by atoms with Crippen LogP contribution in [0, 0.1) is 13.8 Å². The molecule has 0 fully saturated rings. The highest BCUT2D eigenvalue weighted by Crippen LogP contribution is 2.17. The van der Waals surface area contributed by atoms with Gasteiger partial charge in [0.05, 0.1) is 18.3 Å². The summed E-state index contributed by atoms with van der Waals surface area (Å²) < 4.78 is 2.05. The fraction of sp³-hybridized carbons (Fsp3) is 0.316. The molecule has 126 valence electrons. The first-order valence-electron chi connectivity index (χ1n) is 8.13. The summed E-state index contributed by atoms with van der Waals surface area (Å²) in [6.07, 6.45) is -0.462. The Balaban J connectivity index is 1.62. The van der Waals surface area contributed by atoms with Crippen molar-refractivity contribution in [3.05, 3.63) is 75.2 Å². The van der Waals surface area contributed by atoms with Gasteiger partial charge in [-0.1, -0.05) is 30.3 Å². The molecule has 1 atom stereocenters. The Labute approximate surface area is 146 Å². The number of hydrogen-bond donors (Lipinski definition) is 2. The Morgan fingerprint density at radius 1 is 1.21 bits per heavy atom. The zero-order valence-corrected chi connectivity index (χ0v) is 14.9. The zero-order chi connectivity index (χ0) is 16.9. The van der Waals surface area contributed by atoms with E-state index in [1.54, 1.807) is 11.3 Å². The van der Waals surface area contributed by atoms with Crippen LogP contribution in [0.2, 0.25) is 0 Å². The van der Waals surface area contributed by atoms with Crippen LogP contribution < -0.4 is 5.32 Å². The van der Waals surface area contributed by atoms with Crippen molar-refractivity contribution < 1.29 is 5.11 Å². The second-order valence-electron chi connectivity index (χ2n) is 6.00. The van der Waals surface area contributed by atoms with Crippen molar-refractivity contribution in [1.82, 2.24) is 15.1 Å². The predicted octanol–water partition coefficient (Wildman–Crippen LogP) is 3.43. The van der Waals surface area contributed by atoms with Gasteiger partial charge in [-0.3, -0.25) is 4.68 Å². The number of aliphatic hydroxyl groups is 1. The standard InChI is InChI=1S/C19H23N3OS/c1-14-18(10-20-11-19(23)17-8-9-24-13-17)15(2)22(21-14)12-16-6-4-3-5-7-16/h3-9,13,19-20,23H,10-12H2,1-2H3. The van der Waals surface area contributed by atoms with Gasteiger partial charge in [-0.05, 0) is 41.8 Å². The van der Waals surface area contributed by atoms with E-state index in [0.717, 1.165) is 17.8 Å². The van der Waals surface area contributed by atoms with Crippen molar-refractivity contribution in [3.63, 3.8) is 0 Å². The molecular weight excluding hydrogens is 318 g/mol. The molecule has 4 nitrogen and oxygen atoms in total. The first-order valence-corrected chi connectivity index (χ1v) is 9.07. The number of hydrogen-bond acceptors (Lipinski definition) is 4. The normalized spacial score (nSPS) is 12.5. The van der Waals surface area contributed by atoms with E-state index in [1.165, 1.54) is 16.8 Å². The van der Waals surface area contributed by atoms with Crippen LogP contribution in [-0.2, 0) is 13.1 Å². The molecule has 5 heteroatoms. The topological polar surface area (TPSA) is 50.1 Å². The van der Waals surface area contributed by atoms with Crippen molar-refractivity contribution in [3.8, 4) is 0 Å². The number of aromatic nitrogens is 2. The minimum Gasteiger partial charge on any atom is -0.387 e. The molecule has 0 spiro atoms. The number of nitrogens with one attached hydrogen (secondary N) is 1. The molecule has 24 heavy (non-hydrogen) atoms. The van der Waals surface area contributed by atoms with Gasteiger partial charge in [0, 0.05) is 24.3 Å². The predicted molar refractivity (Wildman–Crippen MR) is 98.2 cm³/mol. The molecule has 2 N–H and O–H groups in total. The van der Waals surface area contributed by atoms with Gasteiger partial charge in [0.1, 0.15) is 0 Å². The van der Waals surface area contributed by atoms with E-state index in [9.17, 15) is 5.11 Å². The molecular formula is C19H23N3OS. The van der Waals surface area contributed by atoms with Crippen LogP contribution in [0.1, 0.15) is 34.2 Å². The number of benzene rings is 1. The molecule has 1 unspecified atom stereocenters. The minimum absolute atomic E-state index is 0.462. The maximum Gasteiger partial charge on any atom is 0.0922 e. The third kappa shape index (κ3) is 3.93. The van der Waals surface area contributed by atoms with Gasteiger partial charge >= 0.3 is 0 Å². The Bertz CT molecular complexity index is 766. The fourth-order valence-corrected chi connectivity index (χ4v) is 3.52. The maximum absolute atomic E-state index is 10.1. The summed E-state index contributed by atoms with van der Waals surface area (Å²) in [4.78, 5) is 0. The van der Waals surface area contributed by atoms with Gasteiger partial charge in [0.15, 0.2) is 0 Å². The fourth-order valence-electron chi connectivity index (χ4n) is 2.82. The van der Waals surface area contributed by atoms with Gasteiger partial charge in [-0.15, -0.1) is 0 Å². The SMILES string of the molecule is Cc1nn(Cc2ccccc2)c(C)c1CNCC(O)c1ccsc1. The lowest BCUT2D eigenvalue weighted by Crippen LogP contribution is -2.21. The molecule has 3 rings (SSSR count). The molecule has 2 aromatic heterocycles. The third-order valence-electron chi connectivity index (χ3n) is 4.27. The van der Waals surface area contributed by atoms with Gasteiger partial charge in [-0.25, -0.2) is 0 Å². The number of aryl methyl sites for hydroxylation is 1. The molecule has 0 aliphatic carbocycles. The lowest BCUT2D eigenvalue weighted by Gasteiger charge is -2.11. The number of nitrogens with zero attached hydrogens (tertiary/aromatic N) is 2. The monoisotopic (exact) mass is 341 g/mol. The van der Waals surface area contributed by atoms with E-state index in [1.807, 2.05) is 29.8 Å². The molecule has 0 bridgehead atoms. The average molecular weight is 341 g/mol. The highest BCUT2D eigenvalue weighted by Gasteiger charge is 2.13. The quantitative estimate of drug-likeness (QED) is 0.692. The minimum atomic E-state index is -0.462. The summed E-state index contributed by atoms with van der Waals surface area (Å²) >= 11 is 1.61. The van der Waals surface area contributed by atoms with Gasteiger partial charge < -0.3 is 10.4 Å². The summed E-state index contributed by atoms with van der Waals surface area (Å²) in [5.74, 6) is 0. The zero-order valence-electron chi connectivity index (χ0n) is 14.1. The molecule has 0 radical (unpaired) electrons. The molecule has 1 aromatic carbocycles. The van der Waals surface area contributed by atoms with Gasteiger partial charge in [0.2, 0.25) is 0 Å². The molecule has 0 aliphatic rings. The highest BCUT2D eigenvalue weighted by molar-refractivity contribution is 7.07.